The minimum atomic E-state index is -0.628. The van der Waals surface area contributed by atoms with E-state index >= 15 is 0 Å². The van der Waals surface area contributed by atoms with Gasteiger partial charge in [-0.1, -0.05) is 12.1 Å². The summed E-state index contributed by atoms with van der Waals surface area (Å²) in [6.45, 7) is 0. The molecule has 0 aliphatic rings. The van der Waals surface area contributed by atoms with Crippen molar-refractivity contribution in [1.82, 2.24) is 0 Å². The number of ether oxygens (including phenoxy) is 1. The van der Waals surface area contributed by atoms with Crippen LogP contribution in [-0.2, 0) is 4.79 Å². The smallest absolute Gasteiger partial charge is 0.345 e. The molecule has 1 amide bonds. The fourth-order valence-electron chi connectivity index (χ4n) is 1.52. The number of hydrogen-bond donors (Lipinski definition) is 1. The summed E-state index contributed by atoms with van der Waals surface area (Å²) in [4.78, 5) is 22.4. The maximum absolute atomic E-state index is 12.7. The number of amides is 1. The normalized spacial score (nSPS) is 9.74. The van der Waals surface area contributed by atoms with Gasteiger partial charge in [0.1, 0.15) is 11.6 Å². The van der Waals surface area contributed by atoms with Gasteiger partial charge in [-0.15, -0.1) is 0 Å². The van der Waals surface area contributed by atoms with Gasteiger partial charge in [0, 0.05) is 0 Å². The fourth-order valence-corrected chi connectivity index (χ4v) is 1.52. The minimum absolute atomic E-state index is 0.221. The first-order valence-corrected chi connectivity index (χ1v) is 5.47. The number of anilines is 1. The van der Waals surface area contributed by atoms with E-state index in [0.717, 1.165) is 0 Å². The number of esters is 1. The van der Waals surface area contributed by atoms with Crippen molar-refractivity contribution < 1.29 is 18.7 Å². The first kappa shape index (κ1) is 12.8. The molecule has 0 atom stereocenters. The topological polar surface area (TPSA) is 55.4 Å². The summed E-state index contributed by atoms with van der Waals surface area (Å²) in [6.07, 6.45) is 0.476. The van der Waals surface area contributed by atoms with E-state index in [4.69, 9.17) is 4.74 Å². The zero-order chi connectivity index (χ0) is 13.7. The van der Waals surface area contributed by atoms with Crippen LogP contribution in [0.15, 0.2) is 48.5 Å². The number of benzene rings is 2. The summed E-state index contributed by atoms with van der Waals surface area (Å²) in [5.41, 5.74) is 0.573. The molecule has 2 rings (SSSR count). The van der Waals surface area contributed by atoms with E-state index in [2.05, 4.69) is 5.32 Å². The highest BCUT2D eigenvalue weighted by molar-refractivity contribution is 5.98. The zero-order valence-electron chi connectivity index (χ0n) is 9.80. The van der Waals surface area contributed by atoms with Crippen LogP contribution in [0.25, 0.3) is 0 Å². The highest BCUT2D eigenvalue weighted by atomic mass is 19.1. The molecular weight excluding hydrogens is 249 g/mol. The summed E-state index contributed by atoms with van der Waals surface area (Å²) >= 11 is 0. The third kappa shape index (κ3) is 3.16. The second-order valence-electron chi connectivity index (χ2n) is 3.65. The summed E-state index contributed by atoms with van der Waals surface area (Å²) < 4.78 is 17.8. The van der Waals surface area contributed by atoms with E-state index < -0.39 is 11.8 Å². The highest BCUT2D eigenvalue weighted by Crippen LogP contribution is 2.18. The first-order chi connectivity index (χ1) is 9.20. The van der Waals surface area contributed by atoms with Crippen molar-refractivity contribution in [3.8, 4) is 5.75 Å². The van der Waals surface area contributed by atoms with Crippen molar-refractivity contribution in [2.24, 2.45) is 0 Å². The molecule has 0 aliphatic heterocycles. The van der Waals surface area contributed by atoms with Gasteiger partial charge in [0.25, 0.3) is 0 Å². The van der Waals surface area contributed by atoms with Gasteiger partial charge in [-0.2, -0.15) is 0 Å². The molecule has 1 N–H and O–H groups in total. The second-order valence-corrected chi connectivity index (χ2v) is 3.65. The molecule has 96 valence electrons. The summed E-state index contributed by atoms with van der Waals surface area (Å²) in [5.74, 6) is -0.813. The van der Waals surface area contributed by atoms with E-state index in [1.54, 1.807) is 18.2 Å². The summed E-state index contributed by atoms with van der Waals surface area (Å²) in [5, 5.41) is 2.41. The van der Waals surface area contributed by atoms with E-state index in [1.807, 2.05) is 0 Å². The predicted octanol–water partition coefficient (Wildman–Crippen LogP) is 2.61. The van der Waals surface area contributed by atoms with Gasteiger partial charge >= 0.3 is 5.97 Å². The van der Waals surface area contributed by atoms with Crippen LogP contribution < -0.4 is 10.1 Å². The standard InChI is InChI=1S/C14H10FNO3/c15-10-5-7-11(8-6-10)19-14(18)12-3-1-2-4-13(12)16-9-17/h1-9H,(H,16,17). The number of carbonyl (C=O) groups excluding carboxylic acids is 2. The van der Waals surface area contributed by atoms with E-state index in [-0.39, 0.29) is 11.3 Å². The third-order valence-corrected chi connectivity index (χ3v) is 2.39. The molecule has 0 aliphatic carbocycles. The molecule has 2 aromatic rings. The van der Waals surface area contributed by atoms with E-state index in [0.29, 0.717) is 12.1 Å². The lowest BCUT2D eigenvalue weighted by molar-refractivity contribution is -0.105. The molecule has 0 unspecified atom stereocenters. The number of nitrogens with one attached hydrogen (secondary N) is 1. The van der Waals surface area contributed by atoms with Crippen molar-refractivity contribution in [2.45, 2.75) is 0 Å². The predicted molar refractivity (Wildman–Crippen MR) is 67.5 cm³/mol. The van der Waals surface area contributed by atoms with Gasteiger partial charge in [-0.3, -0.25) is 4.79 Å². The highest BCUT2D eigenvalue weighted by Gasteiger charge is 2.13. The van der Waals surface area contributed by atoms with Crippen LogP contribution in [0.4, 0.5) is 10.1 Å². The Bertz CT molecular complexity index is 596. The van der Waals surface area contributed by atoms with Crippen molar-refractivity contribution in [3.05, 3.63) is 59.9 Å². The van der Waals surface area contributed by atoms with Crippen LogP contribution >= 0.6 is 0 Å². The Morgan fingerprint density at radius 3 is 2.47 bits per heavy atom. The SMILES string of the molecule is O=CNc1ccccc1C(=O)Oc1ccc(F)cc1. The van der Waals surface area contributed by atoms with Crippen LogP contribution in [0.2, 0.25) is 0 Å². The molecule has 0 fully saturated rings. The van der Waals surface area contributed by atoms with Crippen LogP contribution in [0.3, 0.4) is 0 Å². The van der Waals surface area contributed by atoms with Crippen molar-refractivity contribution in [3.63, 3.8) is 0 Å². The number of para-hydroxylation sites is 1. The van der Waals surface area contributed by atoms with Gasteiger partial charge in [-0.25, -0.2) is 9.18 Å². The molecule has 0 aromatic heterocycles. The lowest BCUT2D eigenvalue weighted by Gasteiger charge is -2.08. The van der Waals surface area contributed by atoms with Crippen LogP contribution in [0.1, 0.15) is 10.4 Å². The Kier molecular flexibility index (Phi) is 3.87. The largest absolute Gasteiger partial charge is 0.423 e. The van der Waals surface area contributed by atoms with Crippen LogP contribution in [-0.4, -0.2) is 12.4 Å². The molecule has 19 heavy (non-hydrogen) atoms. The number of carbonyl (C=O) groups is 2. The maximum atomic E-state index is 12.7. The van der Waals surface area contributed by atoms with Gasteiger partial charge in [0.05, 0.1) is 11.3 Å². The van der Waals surface area contributed by atoms with Gasteiger partial charge < -0.3 is 10.1 Å². The quantitative estimate of drug-likeness (QED) is 0.521. The van der Waals surface area contributed by atoms with Crippen molar-refractivity contribution in [1.29, 1.82) is 0 Å². The second kappa shape index (κ2) is 5.77. The van der Waals surface area contributed by atoms with Crippen molar-refractivity contribution in [2.75, 3.05) is 5.32 Å². The molecule has 0 radical (unpaired) electrons. The molecule has 2 aromatic carbocycles. The Morgan fingerprint density at radius 2 is 1.79 bits per heavy atom. The molecule has 5 heteroatoms. The third-order valence-electron chi connectivity index (χ3n) is 2.39. The average molecular weight is 259 g/mol. The molecule has 0 bridgehead atoms. The number of hydrogen-bond acceptors (Lipinski definition) is 3. The fraction of sp³-hybridized carbons (Fsp3) is 0. The number of rotatable bonds is 4. The lowest BCUT2D eigenvalue weighted by Crippen LogP contribution is -2.11. The average Bonchev–Trinajstić information content (AvgIpc) is 2.42. The van der Waals surface area contributed by atoms with Crippen LogP contribution in [0.5, 0.6) is 5.75 Å². The lowest BCUT2D eigenvalue weighted by atomic mass is 10.2. The Balaban J connectivity index is 2.20. The zero-order valence-corrected chi connectivity index (χ0v) is 9.80. The van der Waals surface area contributed by atoms with E-state index in [9.17, 15) is 14.0 Å². The first-order valence-electron chi connectivity index (χ1n) is 5.47. The molecule has 4 nitrogen and oxygen atoms in total. The molecule has 0 saturated heterocycles. The number of halogens is 1. The van der Waals surface area contributed by atoms with Gasteiger partial charge in [0.2, 0.25) is 6.41 Å². The Morgan fingerprint density at radius 1 is 1.11 bits per heavy atom. The van der Waals surface area contributed by atoms with Crippen molar-refractivity contribution >= 4 is 18.1 Å². The molecule has 0 saturated carbocycles. The maximum Gasteiger partial charge on any atom is 0.345 e. The van der Waals surface area contributed by atoms with Crippen LogP contribution in [0, 0.1) is 5.82 Å². The summed E-state index contributed by atoms with van der Waals surface area (Å²) in [6, 6.07) is 11.5. The Hall–Kier alpha value is -2.69. The molecular formula is C14H10FNO3. The molecule has 0 spiro atoms. The Labute approximate surface area is 108 Å². The minimum Gasteiger partial charge on any atom is -0.423 e. The van der Waals surface area contributed by atoms with E-state index in [1.165, 1.54) is 30.3 Å². The monoisotopic (exact) mass is 259 g/mol. The summed E-state index contributed by atoms with van der Waals surface area (Å²) in [7, 11) is 0. The van der Waals surface area contributed by atoms with Gasteiger partial charge in [0.15, 0.2) is 0 Å². The van der Waals surface area contributed by atoms with Gasteiger partial charge in [-0.05, 0) is 36.4 Å². The molecule has 0 heterocycles.